The molecule has 7 heteroatoms. The summed E-state index contributed by atoms with van der Waals surface area (Å²) in [5.74, 6) is -1.25. The summed E-state index contributed by atoms with van der Waals surface area (Å²) in [6.07, 6.45) is 3.39. The van der Waals surface area contributed by atoms with Crippen LogP contribution in [0.5, 0.6) is 0 Å². The number of hydrogen-bond acceptors (Lipinski definition) is 3. The maximum Gasteiger partial charge on any atom is 0.267 e. The molecular weight excluding hydrogens is 404 g/mol. The monoisotopic (exact) mass is 419 g/mol. The van der Waals surface area contributed by atoms with Gasteiger partial charge >= 0.3 is 0 Å². The Kier molecular flexibility index (Phi) is 5.46. The van der Waals surface area contributed by atoms with Crippen molar-refractivity contribution >= 4 is 21.6 Å². The van der Waals surface area contributed by atoms with Crippen molar-refractivity contribution in [3.63, 3.8) is 0 Å². The lowest BCUT2D eigenvalue weighted by Gasteiger charge is -2.15. The van der Waals surface area contributed by atoms with Crippen LogP contribution in [0.15, 0.2) is 58.1 Å². The lowest BCUT2D eigenvalue weighted by Crippen LogP contribution is -2.24. The lowest BCUT2D eigenvalue weighted by atomic mass is 10.2. The molecule has 0 saturated heterocycles. The van der Waals surface area contributed by atoms with E-state index >= 15 is 0 Å². The van der Waals surface area contributed by atoms with E-state index in [1.165, 1.54) is 12.1 Å². The number of rotatable bonds is 5. The van der Waals surface area contributed by atoms with Crippen molar-refractivity contribution in [1.82, 2.24) is 9.55 Å². The second-order valence-corrected chi connectivity index (χ2v) is 6.65. The first-order chi connectivity index (χ1) is 12.5. The van der Waals surface area contributed by atoms with E-state index in [-0.39, 0.29) is 12.1 Å². The molecule has 0 amide bonds. The van der Waals surface area contributed by atoms with Gasteiger partial charge in [-0.2, -0.15) is 0 Å². The summed E-state index contributed by atoms with van der Waals surface area (Å²) in [5, 5.41) is 3.03. The predicted molar refractivity (Wildman–Crippen MR) is 100 cm³/mol. The third kappa shape index (κ3) is 3.99. The van der Waals surface area contributed by atoms with Gasteiger partial charge in [-0.25, -0.2) is 8.78 Å². The van der Waals surface area contributed by atoms with Gasteiger partial charge in [-0.05, 0) is 46.6 Å². The maximum atomic E-state index is 13.8. The standard InChI is InChI=1S/C19H16BrF2N3O/c1-12-7-17(24-10-14-4-5-15(21)8-16(14)22)18(20)19(26)25(12)11-13-3-2-6-23-9-13/h2-9,24H,10-11H2,1H3. The van der Waals surface area contributed by atoms with Gasteiger partial charge in [0.05, 0.1) is 12.2 Å². The highest BCUT2D eigenvalue weighted by Gasteiger charge is 2.12. The number of anilines is 1. The van der Waals surface area contributed by atoms with Crippen LogP contribution in [0.25, 0.3) is 0 Å². The molecule has 134 valence electrons. The van der Waals surface area contributed by atoms with Gasteiger partial charge in [0.25, 0.3) is 5.56 Å². The molecule has 1 N–H and O–H groups in total. The van der Waals surface area contributed by atoms with Crippen LogP contribution < -0.4 is 10.9 Å². The summed E-state index contributed by atoms with van der Waals surface area (Å²) in [4.78, 5) is 16.7. The van der Waals surface area contributed by atoms with Crippen LogP contribution in [0.2, 0.25) is 0 Å². The van der Waals surface area contributed by atoms with Crippen LogP contribution >= 0.6 is 15.9 Å². The number of benzene rings is 1. The van der Waals surface area contributed by atoms with Gasteiger partial charge in [-0.3, -0.25) is 9.78 Å². The van der Waals surface area contributed by atoms with Crippen molar-refractivity contribution in [1.29, 1.82) is 0 Å². The van der Waals surface area contributed by atoms with Gasteiger partial charge in [-0.1, -0.05) is 12.1 Å². The minimum atomic E-state index is -0.629. The zero-order valence-electron chi connectivity index (χ0n) is 14.0. The third-order valence-corrected chi connectivity index (χ3v) is 4.76. The number of pyridine rings is 2. The molecular formula is C19H16BrF2N3O. The molecule has 0 aliphatic rings. The first-order valence-electron chi connectivity index (χ1n) is 7.92. The molecule has 0 spiro atoms. The van der Waals surface area contributed by atoms with E-state index in [4.69, 9.17) is 0 Å². The smallest absolute Gasteiger partial charge is 0.267 e. The van der Waals surface area contributed by atoms with Crippen molar-refractivity contribution in [3.8, 4) is 0 Å². The normalized spacial score (nSPS) is 10.8. The van der Waals surface area contributed by atoms with Gasteiger partial charge in [0.1, 0.15) is 16.1 Å². The molecule has 0 atom stereocenters. The molecule has 3 rings (SSSR count). The fourth-order valence-corrected chi connectivity index (χ4v) is 3.07. The fraction of sp³-hybridized carbons (Fsp3) is 0.158. The minimum Gasteiger partial charge on any atom is -0.380 e. The van der Waals surface area contributed by atoms with E-state index in [0.29, 0.717) is 22.3 Å². The number of aryl methyl sites for hydroxylation is 1. The molecule has 0 unspecified atom stereocenters. The van der Waals surface area contributed by atoms with Gasteiger partial charge in [-0.15, -0.1) is 0 Å². The molecule has 2 heterocycles. The fourth-order valence-electron chi connectivity index (χ4n) is 2.60. The summed E-state index contributed by atoms with van der Waals surface area (Å²) in [6, 6.07) is 8.94. The molecule has 0 bridgehead atoms. The SMILES string of the molecule is Cc1cc(NCc2ccc(F)cc2F)c(Br)c(=O)n1Cc1cccnc1. The highest BCUT2D eigenvalue weighted by Crippen LogP contribution is 2.21. The Bertz CT molecular complexity index is 990. The van der Waals surface area contributed by atoms with Crippen LogP contribution in [0.3, 0.4) is 0 Å². The molecule has 4 nitrogen and oxygen atoms in total. The van der Waals surface area contributed by atoms with E-state index in [2.05, 4.69) is 26.2 Å². The molecule has 0 radical (unpaired) electrons. The molecule has 1 aromatic carbocycles. The topological polar surface area (TPSA) is 46.9 Å². The van der Waals surface area contributed by atoms with Gasteiger partial charge in [0.2, 0.25) is 0 Å². The Balaban J connectivity index is 1.84. The van der Waals surface area contributed by atoms with E-state index in [1.807, 2.05) is 25.1 Å². The number of halogens is 3. The summed E-state index contributed by atoms with van der Waals surface area (Å²) in [6.45, 7) is 2.37. The summed E-state index contributed by atoms with van der Waals surface area (Å²) in [5.41, 5.74) is 2.34. The van der Waals surface area contributed by atoms with Gasteiger partial charge in [0.15, 0.2) is 0 Å². The first kappa shape index (κ1) is 18.3. The Labute approximate surface area is 157 Å². The van der Waals surface area contributed by atoms with Crippen molar-refractivity contribution in [2.24, 2.45) is 0 Å². The number of nitrogens with one attached hydrogen (secondary N) is 1. The second kappa shape index (κ2) is 7.78. The summed E-state index contributed by atoms with van der Waals surface area (Å²) >= 11 is 3.32. The number of aromatic nitrogens is 2. The Morgan fingerprint density at radius 2 is 2.04 bits per heavy atom. The van der Waals surface area contributed by atoms with E-state index in [9.17, 15) is 13.6 Å². The molecule has 0 saturated carbocycles. The highest BCUT2D eigenvalue weighted by atomic mass is 79.9. The van der Waals surface area contributed by atoms with Crippen molar-refractivity contribution in [2.45, 2.75) is 20.0 Å². The predicted octanol–water partition coefficient (Wildman–Crippen LogP) is 4.25. The lowest BCUT2D eigenvalue weighted by molar-refractivity contribution is 0.574. The molecule has 0 aliphatic heterocycles. The van der Waals surface area contributed by atoms with E-state index in [1.54, 1.807) is 17.0 Å². The quantitative estimate of drug-likeness (QED) is 0.672. The Morgan fingerprint density at radius 3 is 2.73 bits per heavy atom. The van der Waals surface area contributed by atoms with Crippen molar-refractivity contribution in [3.05, 3.63) is 92.1 Å². The summed E-state index contributed by atoms with van der Waals surface area (Å²) < 4.78 is 28.7. The first-order valence-corrected chi connectivity index (χ1v) is 8.71. The van der Waals surface area contributed by atoms with Crippen LogP contribution in [0, 0.1) is 18.6 Å². The van der Waals surface area contributed by atoms with Crippen LogP contribution in [0.4, 0.5) is 14.5 Å². The van der Waals surface area contributed by atoms with Gasteiger partial charge < -0.3 is 9.88 Å². The average Bonchev–Trinajstić information content (AvgIpc) is 2.63. The molecule has 3 aromatic rings. The van der Waals surface area contributed by atoms with Crippen LogP contribution in [-0.2, 0) is 13.1 Å². The zero-order chi connectivity index (χ0) is 18.7. The third-order valence-electron chi connectivity index (χ3n) is 4.00. The van der Waals surface area contributed by atoms with Crippen LogP contribution in [0.1, 0.15) is 16.8 Å². The van der Waals surface area contributed by atoms with Crippen LogP contribution in [-0.4, -0.2) is 9.55 Å². The minimum absolute atomic E-state index is 0.135. The van der Waals surface area contributed by atoms with Gasteiger partial charge in [0, 0.05) is 36.3 Å². The molecule has 0 fully saturated rings. The average molecular weight is 420 g/mol. The zero-order valence-corrected chi connectivity index (χ0v) is 15.6. The molecule has 26 heavy (non-hydrogen) atoms. The molecule has 2 aromatic heterocycles. The molecule has 0 aliphatic carbocycles. The summed E-state index contributed by atoms with van der Waals surface area (Å²) in [7, 11) is 0. The largest absolute Gasteiger partial charge is 0.380 e. The van der Waals surface area contributed by atoms with Crippen molar-refractivity contribution in [2.75, 3.05) is 5.32 Å². The highest BCUT2D eigenvalue weighted by molar-refractivity contribution is 9.10. The van der Waals surface area contributed by atoms with Crippen molar-refractivity contribution < 1.29 is 8.78 Å². The number of hydrogen-bond donors (Lipinski definition) is 1. The Hall–Kier alpha value is -2.54. The second-order valence-electron chi connectivity index (χ2n) is 5.86. The van der Waals surface area contributed by atoms with E-state index < -0.39 is 11.6 Å². The Morgan fingerprint density at radius 1 is 1.23 bits per heavy atom. The number of nitrogens with zero attached hydrogens (tertiary/aromatic N) is 2. The van der Waals surface area contributed by atoms with E-state index in [0.717, 1.165) is 17.3 Å². The maximum absolute atomic E-state index is 13.8.